The van der Waals surface area contributed by atoms with Gasteiger partial charge in [0.1, 0.15) is 0 Å². The van der Waals surface area contributed by atoms with Crippen molar-refractivity contribution < 1.29 is 4.74 Å². The van der Waals surface area contributed by atoms with Gasteiger partial charge in [0.15, 0.2) is 0 Å². The summed E-state index contributed by atoms with van der Waals surface area (Å²) in [4.78, 5) is 0. The molecule has 0 amide bonds. The van der Waals surface area contributed by atoms with Gasteiger partial charge in [0.05, 0.1) is 5.60 Å². The highest BCUT2D eigenvalue weighted by molar-refractivity contribution is 5.01. The largest absolute Gasteiger partial charge is 0.375 e. The van der Waals surface area contributed by atoms with Crippen LogP contribution in [0.25, 0.3) is 0 Å². The molecule has 0 aromatic heterocycles. The lowest BCUT2D eigenvalue weighted by Crippen LogP contribution is -2.54. The van der Waals surface area contributed by atoms with E-state index >= 15 is 0 Å². The number of hydrogen-bond donors (Lipinski definition) is 1. The third kappa shape index (κ3) is 2.58. The predicted molar refractivity (Wildman–Crippen MR) is 79.3 cm³/mol. The monoisotopic (exact) mass is 265 g/mol. The lowest BCUT2D eigenvalue weighted by molar-refractivity contribution is -0.151. The predicted octanol–water partition coefficient (Wildman–Crippen LogP) is 3.89. The SMILES string of the molecule is CCNC(C1CCOC2(CCC2)C1)C1(C)CCCC1. The van der Waals surface area contributed by atoms with Gasteiger partial charge in [-0.25, -0.2) is 0 Å². The average Bonchev–Trinajstić information content (AvgIpc) is 2.82. The van der Waals surface area contributed by atoms with E-state index in [1.54, 1.807) is 0 Å². The summed E-state index contributed by atoms with van der Waals surface area (Å²) in [5.74, 6) is 0.845. The van der Waals surface area contributed by atoms with Gasteiger partial charge in [-0.05, 0) is 62.8 Å². The van der Waals surface area contributed by atoms with Gasteiger partial charge in [-0.1, -0.05) is 26.7 Å². The fraction of sp³-hybridized carbons (Fsp3) is 1.00. The first-order valence-electron chi connectivity index (χ1n) is 8.55. The summed E-state index contributed by atoms with van der Waals surface area (Å²) >= 11 is 0. The van der Waals surface area contributed by atoms with E-state index in [9.17, 15) is 0 Å². The van der Waals surface area contributed by atoms with Crippen molar-refractivity contribution in [3.05, 3.63) is 0 Å². The Hall–Kier alpha value is -0.0800. The van der Waals surface area contributed by atoms with E-state index in [-0.39, 0.29) is 0 Å². The number of rotatable bonds is 4. The summed E-state index contributed by atoms with van der Waals surface area (Å²) in [5.41, 5.74) is 0.842. The van der Waals surface area contributed by atoms with Crippen molar-refractivity contribution in [3.8, 4) is 0 Å². The molecule has 2 nitrogen and oxygen atoms in total. The molecule has 0 radical (unpaired) electrons. The average molecular weight is 265 g/mol. The molecule has 2 aliphatic carbocycles. The smallest absolute Gasteiger partial charge is 0.0685 e. The lowest BCUT2D eigenvalue weighted by atomic mass is 9.65. The van der Waals surface area contributed by atoms with Crippen molar-refractivity contribution >= 4 is 0 Å². The Labute approximate surface area is 118 Å². The van der Waals surface area contributed by atoms with Crippen molar-refractivity contribution in [1.82, 2.24) is 5.32 Å². The Bertz CT molecular complexity index is 304. The zero-order chi connectivity index (χ0) is 13.3. The molecule has 1 aliphatic heterocycles. The van der Waals surface area contributed by atoms with Crippen LogP contribution in [0.5, 0.6) is 0 Å². The molecule has 0 bridgehead atoms. The molecule has 0 aromatic carbocycles. The minimum Gasteiger partial charge on any atom is -0.375 e. The summed E-state index contributed by atoms with van der Waals surface area (Å²) in [6.07, 6.45) is 12.3. The first-order chi connectivity index (χ1) is 9.18. The quantitative estimate of drug-likeness (QED) is 0.832. The molecule has 2 atom stereocenters. The maximum absolute atomic E-state index is 6.13. The summed E-state index contributed by atoms with van der Waals surface area (Å²) in [6, 6.07) is 0.723. The highest BCUT2D eigenvalue weighted by atomic mass is 16.5. The molecule has 19 heavy (non-hydrogen) atoms. The lowest BCUT2D eigenvalue weighted by Gasteiger charge is -2.51. The molecule has 3 fully saturated rings. The molecule has 3 aliphatic rings. The van der Waals surface area contributed by atoms with Gasteiger partial charge < -0.3 is 10.1 Å². The van der Waals surface area contributed by atoms with E-state index in [1.165, 1.54) is 57.8 Å². The summed E-state index contributed by atoms with van der Waals surface area (Å²) in [5, 5.41) is 3.87. The number of ether oxygens (including phenoxy) is 1. The van der Waals surface area contributed by atoms with Gasteiger partial charge in [0.2, 0.25) is 0 Å². The summed E-state index contributed by atoms with van der Waals surface area (Å²) in [6.45, 7) is 6.92. The Kier molecular flexibility index (Phi) is 3.92. The summed E-state index contributed by atoms with van der Waals surface area (Å²) < 4.78 is 6.13. The Morgan fingerprint density at radius 1 is 1.16 bits per heavy atom. The van der Waals surface area contributed by atoms with Crippen molar-refractivity contribution in [2.45, 2.75) is 83.3 Å². The van der Waals surface area contributed by atoms with Crippen LogP contribution < -0.4 is 5.32 Å². The minimum atomic E-state index is 0.297. The fourth-order valence-corrected chi connectivity index (χ4v) is 4.97. The molecule has 1 saturated heterocycles. The molecule has 2 saturated carbocycles. The van der Waals surface area contributed by atoms with Gasteiger partial charge in [0, 0.05) is 12.6 Å². The van der Waals surface area contributed by atoms with Crippen LogP contribution in [0.4, 0.5) is 0 Å². The Morgan fingerprint density at radius 2 is 1.89 bits per heavy atom. The number of hydrogen-bond acceptors (Lipinski definition) is 2. The topological polar surface area (TPSA) is 21.3 Å². The van der Waals surface area contributed by atoms with Crippen LogP contribution >= 0.6 is 0 Å². The highest BCUT2D eigenvalue weighted by Gasteiger charge is 2.48. The van der Waals surface area contributed by atoms with Gasteiger partial charge in [0.25, 0.3) is 0 Å². The van der Waals surface area contributed by atoms with Crippen LogP contribution in [-0.4, -0.2) is 24.8 Å². The van der Waals surface area contributed by atoms with Crippen LogP contribution in [0, 0.1) is 11.3 Å². The second-order valence-electron chi connectivity index (χ2n) is 7.53. The molecular formula is C17H31NO. The summed E-state index contributed by atoms with van der Waals surface area (Å²) in [7, 11) is 0. The first-order valence-corrected chi connectivity index (χ1v) is 8.55. The third-order valence-electron chi connectivity index (χ3n) is 6.19. The van der Waals surface area contributed by atoms with E-state index in [1.807, 2.05) is 0 Å². The second kappa shape index (κ2) is 5.37. The van der Waals surface area contributed by atoms with E-state index in [4.69, 9.17) is 4.74 Å². The minimum absolute atomic E-state index is 0.297. The van der Waals surface area contributed by atoms with Gasteiger partial charge in [-0.15, -0.1) is 0 Å². The molecule has 110 valence electrons. The van der Waals surface area contributed by atoms with Crippen molar-refractivity contribution in [3.63, 3.8) is 0 Å². The molecule has 1 N–H and O–H groups in total. The molecule has 1 spiro atoms. The van der Waals surface area contributed by atoms with E-state index in [0.717, 1.165) is 25.1 Å². The molecule has 0 aromatic rings. The number of nitrogens with one attached hydrogen (secondary N) is 1. The fourth-order valence-electron chi connectivity index (χ4n) is 4.97. The molecule has 1 heterocycles. The maximum atomic E-state index is 6.13. The van der Waals surface area contributed by atoms with E-state index in [0.29, 0.717) is 11.0 Å². The van der Waals surface area contributed by atoms with E-state index < -0.39 is 0 Å². The molecule has 2 heteroatoms. The zero-order valence-electron chi connectivity index (χ0n) is 12.8. The van der Waals surface area contributed by atoms with E-state index in [2.05, 4.69) is 19.2 Å². The van der Waals surface area contributed by atoms with Crippen molar-refractivity contribution in [1.29, 1.82) is 0 Å². The van der Waals surface area contributed by atoms with Gasteiger partial charge in [-0.3, -0.25) is 0 Å². The first kappa shape index (κ1) is 13.9. The van der Waals surface area contributed by atoms with Crippen LogP contribution in [0.1, 0.15) is 71.6 Å². The standard InChI is InChI=1S/C17H31NO/c1-3-18-15(16(2)8-4-5-9-16)14-7-12-19-17(13-14)10-6-11-17/h14-15,18H,3-13H2,1-2H3. The Balaban J connectivity index is 1.72. The van der Waals surface area contributed by atoms with Crippen LogP contribution in [-0.2, 0) is 4.74 Å². The normalized spacial score (nSPS) is 34.1. The molecule has 3 rings (SSSR count). The Morgan fingerprint density at radius 3 is 2.47 bits per heavy atom. The highest BCUT2D eigenvalue weighted by Crippen LogP contribution is 2.50. The third-order valence-corrected chi connectivity index (χ3v) is 6.19. The zero-order valence-corrected chi connectivity index (χ0v) is 12.8. The van der Waals surface area contributed by atoms with Crippen LogP contribution in [0.15, 0.2) is 0 Å². The van der Waals surface area contributed by atoms with Gasteiger partial charge >= 0.3 is 0 Å². The van der Waals surface area contributed by atoms with Gasteiger partial charge in [-0.2, -0.15) is 0 Å². The van der Waals surface area contributed by atoms with Crippen LogP contribution in [0.3, 0.4) is 0 Å². The van der Waals surface area contributed by atoms with Crippen molar-refractivity contribution in [2.24, 2.45) is 11.3 Å². The van der Waals surface area contributed by atoms with Crippen LogP contribution in [0.2, 0.25) is 0 Å². The molecule has 2 unspecified atom stereocenters. The molecular weight excluding hydrogens is 234 g/mol. The second-order valence-corrected chi connectivity index (χ2v) is 7.53. The maximum Gasteiger partial charge on any atom is 0.0685 e. The van der Waals surface area contributed by atoms with Crippen molar-refractivity contribution in [2.75, 3.05) is 13.2 Å².